The second-order valence-corrected chi connectivity index (χ2v) is 4.90. The van der Waals surface area contributed by atoms with E-state index in [-0.39, 0.29) is 16.4 Å². The van der Waals surface area contributed by atoms with Crippen LogP contribution < -0.4 is 0 Å². The van der Waals surface area contributed by atoms with Crippen LogP contribution in [0.5, 0.6) is 5.75 Å². The van der Waals surface area contributed by atoms with Gasteiger partial charge in [-0.05, 0) is 24.6 Å². The molecular weight excluding hydrogens is 312 g/mol. The molecule has 0 aliphatic heterocycles. The van der Waals surface area contributed by atoms with Crippen LogP contribution in [-0.4, -0.2) is 15.7 Å². The van der Waals surface area contributed by atoms with E-state index < -0.39 is 0 Å². The summed E-state index contributed by atoms with van der Waals surface area (Å²) in [5.74, 6) is -0.0677. The minimum Gasteiger partial charge on any atom is -0.507 e. The number of halogens is 2. The van der Waals surface area contributed by atoms with Gasteiger partial charge < -0.3 is 5.11 Å². The molecule has 0 saturated carbocycles. The number of rotatable bonds is 3. The van der Waals surface area contributed by atoms with Gasteiger partial charge in [-0.3, -0.25) is 4.79 Å². The number of phenolic OH excluding ortho intramolecular Hbond substituents is 1. The lowest BCUT2D eigenvalue weighted by Crippen LogP contribution is -2.10. The lowest BCUT2D eigenvalue weighted by Gasteiger charge is -2.06. The van der Waals surface area contributed by atoms with Gasteiger partial charge in [0.2, 0.25) is 0 Å². The van der Waals surface area contributed by atoms with Crippen LogP contribution in [-0.2, 0) is 5.33 Å². The molecule has 1 rings (SSSR count). The average molecular weight is 322 g/mol. The number of Topliss-reactive ketones (excluding diaryl/α,β-unsaturated/α-hetero) is 1. The van der Waals surface area contributed by atoms with Crippen LogP contribution in [0.15, 0.2) is 18.2 Å². The third-order valence-electron chi connectivity index (χ3n) is 1.84. The average Bonchev–Trinajstić information content (AvgIpc) is 2.16. The van der Waals surface area contributed by atoms with E-state index in [1.165, 1.54) is 0 Å². The fourth-order valence-corrected chi connectivity index (χ4v) is 1.68. The first-order chi connectivity index (χ1) is 6.56. The zero-order valence-electron chi connectivity index (χ0n) is 7.63. The Morgan fingerprint density at radius 1 is 1.57 bits per heavy atom. The van der Waals surface area contributed by atoms with Crippen LogP contribution in [0.1, 0.15) is 22.8 Å². The number of hydrogen-bond donors (Lipinski definition) is 1. The Morgan fingerprint density at radius 2 is 2.21 bits per heavy atom. The first kappa shape index (κ1) is 11.7. The summed E-state index contributed by atoms with van der Waals surface area (Å²) in [4.78, 5) is 11.3. The summed E-state index contributed by atoms with van der Waals surface area (Å²) in [5, 5.41) is 10.2. The smallest absolute Gasteiger partial charge is 0.179 e. The summed E-state index contributed by atoms with van der Waals surface area (Å²) in [7, 11) is 0. The predicted molar refractivity (Wildman–Crippen MR) is 63.5 cm³/mol. The monoisotopic (exact) mass is 320 g/mol. The van der Waals surface area contributed by atoms with Crippen molar-refractivity contribution in [2.45, 2.75) is 17.1 Å². The van der Waals surface area contributed by atoms with Crippen molar-refractivity contribution < 1.29 is 9.90 Å². The number of carbonyl (C=O) groups excluding carboxylic acids is 1. The molecule has 0 bridgehead atoms. The van der Waals surface area contributed by atoms with Crippen LogP contribution in [0.25, 0.3) is 0 Å². The third-order valence-corrected chi connectivity index (χ3v) is 2.91. The summed E-state index contributed by atoms with van der Waals surface area (Å²) in [6.07, 6.45) is 0. The molecule has 0 aliphatic carbocycles. The third kappa shape index (κ3) is 2.58. The number of hydrogen-bond acceptors (Lipinski definition) is 2. The molecule has 0 aromatic heterocycles. The van der Waals surface area contributed by atoms with Crippen LogP contribution in [0.4, 0.5) is 0 Å². The molecule has 0 radical (unpaired) electrons. The van der Waals surface area contributed by atoms with Crippen LogP contribution in [0.3, 0.4) is 0 Å². The second kappa shape index (κ2) is 4.94. The van der Waals surface area contributed by atoms with Crippen molar-refractivity contribution in [1.29, 1.82) is 0 Å². The molecule has 0 spiro atoms. The van der Waals surface area contributed by atoms with Crippen LogP contribution in [0, 0.1) is 0 Å². The highest BCUT2D eigenvalue weighted by Crippen LogP contribution is 2.23. The predicted octanol–water partition coefficient (Wildman–Crippen LogP) is 3.25. The standard InChI is InChI=1S/C10H10Br2O2/c1-6(12)10(14)8-3-2-7(5-11)4-9(8)13/h2-4,6,13H,5H2,1H3. The molecule has 14 heavy (non-hydrogen) atoms. The quantitative estimate of drug-likeness (QED) is 0.685. The molecular formula is C10H10Br2O2. The Bertz CT molecular complexity index is 348. The molecule has 0 amide bonds. The van der Waals surface area contributed by atoms with Gasteiger partial charge in [-0.1, -0.05) is 37.9 Å². The van der Waals surface area contributed by atoms with Gasteiger partial charge in [0, 0.05) is 5.33 Å². The molecule has 76 valence electrons. The molecule has 1 N–H and O–H groups in total. The molecule has 2 nitrogen and oxygen atoms in total. The molecule has 1 atom stereocenters. The zero-order valence-corrected chi connectivity index (χ0v) is 10.8. The number of benzene rings is 1. The maximum Gasteiger partial charge on any atom is 0.179 e. The molecule has 0 aliphatic rings. The van der Waals surface area contributed by atoms with E-state index in [0.717, 1.165) is 5.56 Å². The fourth-order valence-electron chi connectivity index (χ4n) is 1.08. The highest BCUT2D eigenvalue weighted by molar-refractivity contribution is 9.10. The van der Waals surface area contributed by atoms with Crippen molar-refractivity contribution in [3.63, 3.8) is 0 Å². The van der Waals surface area contributed by atoms with E-state index in [4.69, 9.17) is 0 Å². The Kier molecular flexibility index (Phi) is 4.13. The summed E-state index contributed by atoms with van der Waals surface area (Å²) in [6.45, 7) is 1.74. The Balaban J connectivity index is 3.06. The van der Waals surface area contributed by atoms with E-state index in [2.05, 4.69) is 31.9 Å². The molecule has 1 aromatic carbocycles. The molecule has 0 saturated heterocycles. The van der Waals surface area contributed by atoms with E-state index in [9.17, 15) is 9.90 Å². The van der Waals surface area contributed by atoms with Gasteiger partial charge >= 0.3 is 0 Å². The topological polar surface area (TPSA) is 37.3 Å². The molecule has 4 heteroatoms. The SMILES string of the molecule is CC(Br)C(=O)c1ccc(CBr)cc1O. The fraction of sp³-hybridized carbons (Fsp3) is 0.300. The largest absolute Gasteiger partial charge is 0.507 e. The lowest BCUT2D eigenvalue weighted by atomic mass is 10.1. The van der Waals surface area contributed by atoms with Crippen molar-refractivity contribution in [3.05, 3.63) is 29.3 Å². The first-order valence-electron chi connectivity index (χ1n) is 4.12. The molecule has 1 aromatic rings. The van der Waals surface area contributed by atoms with Gasteiger partial charge in [0.05, 0.1) is 10.4 Å². The molecule has 0 heterocycles. The van der Waals surface area contributed by atoms with Crippen molar-refractivity contribution >= 4 is 37.6 Å². The van der Waals surface area contributed by atoms with E-state index >= 15 is 0 Å². The van der Waals surface area contributed by atoms with Crippen molar-refractivity contribution in [2.75, 3.05) is 0 Å². The number of carbonyl (C=O) groups is 1. The number of ketones is 1. The molecule has 0 fully saturated rings. The highest BCUT2D eigenvalue weighted by Gasteiger charge is 2.15. The van der Waals surface area contributed by atoms with Gasteiger partial charge in [0.25, 0.3) is 0 Å². The second-order valence-electron chi connectivity index (χ2n) is 2.97. The Morgan fingerprint density at radius 3 is 2.64 bits per heavy atom. The van der Waals surface area contributed by atoms with Gasteiger partial charge in [0.1, 0.15) is 5.75 Å². The van der Waals surface area contributed by atoms with E-state index in [1.807, 2.05) is 6.07 Å². The van der Waals surface area contributed by atoms with Crippen molar-refractivity contribution in [1.82, 2.24) is 0 Å². The number of phenols is 1. The van der Waals surface area contributed by atoms with E-state index in [1.54, 1.807) is 19.1 Å². The number of alkyl halides is 2. The summed E-state index contributed by atoms with van der Waals surface area (Å²) < 4.78 is 0. The first-order valence-corrected chi connectivity index (χ1v) is 6.16. The Hall–Kier alpha value is -0.350. The summed E-state index contributed by atoms with van der Waals surface area (Å²) in [6, 6.07) is 5.06. The molecule has 1 unspecified atom stereocenters. The van der Waals surface area contributed by atoms with Gasteiger partial charge in [-0.25, -0.2) is 0 Å². The lowest BCUT2D eigenvalue weighted by molar-refractivity contribution is 0.0993. The maximum absolute atomic E-state index is 11.5. The van der Waals surface area contributed by atoms with Crippen LogP contribution >= 0.6 is 31.9 Å². The minimum absolute atomic E-state index is 0.0400. The van der Waals surface area contributed by atoms with Crippen LogP contribution in [0.2, 0.25) is 0 Å². The maximum atomic E-state index is 11.5. The highest BCUT2D eigenvalue weighted by atomic mass is 79.9. The van der Waals surface area contributed by atoms with Crippen molar-refractivity contribution in [3.8, 4) is 5.75 Å². The minimum atomic E-state index is -0.275. The van der Waals surface area contributed by atoms with Gasteiger partial charge in [0.15, 0.2) is 5.78 Å². The Labute approximate surface area is 99.6 Å². The normalized spacial score (nSPS) is 12.5. The van der Waals surface area contributed by atoms with Crippen molar-refractivity contribution in [2.24, 2.45) is 0 Å². The van der Waals surface area contributed by atoms with Gasteiger partial charge in [-0.15, -0.1) is 0 Å². The summed E-state index contributed by atoms with van der Waals surface area (Å²) >= 11 is 6.45. The van der Waals surface area contributed by atoms with Gasteiger partial charge in [-0.2, -0.15) is 0 Å². The van der Waals surface area contributed by atoms with E-state index in [0.29, 0.717) is 10.9 Å². The summed E-state index contributed by atoms with van der Waals surface area (Å²) in [5.41, 5.74) is 1.31. The zero-order chi connectivity index (χ0) is 10.7. The number of aromatic hydroxyl groups is 1.